The Hall–Kier alpha value is -1.48. The van der Waals surface area contributed by atoms with E-state index in [2.05, 4.69) is 30.4 Å². The van der Waals surface area contributed by atoms with Gasteiger partial charge in [-0.1, -0.05) is 64.7 Å². The molecular formula is C22H20Cl3NO. The fourth-order valence-electron chi connectivity index (χ4n) is 4.83. The van der Waals surface area contributed by atoms with Crippen molar-refractivity contribution in [2.45, 2.75) is 25.7 Å². The highest BCUT2D eigenvalue weighted by atomic mass is 35.5. The predicted octanol–water partition coefficient (Wildman–Crippen LogP) is 6.23. The van der Waals surface area contributed by atoms with Crippen LogP contribution in [0.25, 0.3) is 0 Å². The lowest BCUT2D eigenvalue weighted by Gasteiger charge is -2.43. The molecule has 2 aliphatic rings. The second-order valence-corrected chi connectivity index (χ2v) is 8.99. The van der Waals surface area contributed by atoms with Crippen LogP contribution in [0.4, 0.5) is 0 Å². The minimum Gasteiger partial charge on any atom is -0.355 e. The van der Waals surface area contributed by atoms with Gasteiger partial charge in [-0.2, -0.15) is 0 Å². The molecule has 27 heavy (non-hydrogen) atoms. The molecule has 1 N–H and O–H groups in total. The maximum Gasteiger partial charge on any atom is 0.230 e. The Morgan fingerprint density at radius 1 is 1.04 bits per heavy atom. The molecule has 4 atom stereocenters. The zero-order valence-corrected chi connectivity index (χ0v) is 17.4. The molecule has 0 aromatic heterocycles. The molecule has 1 fully saturated rings. The van der Waals surface area contributed by atoms with Crippen LogP contribution in [0.15, 0.2) is 54.1 Å². The van der Waals surface area contributed by atoms with Gasteiger partial charge in [-0.05, 0) is 49.2 Å². The standard InChI is InChI=1S/C22H20Cl3NO/c1-12-10-22(2)17(11-26-21(22)27)20(13-3-5-14(23)6-4-13)19(12)16-8-7-15(24)9-18(16)25/h3-10,17,19-20H,11H2,1-2H3,(H,26,27)/t17-,19-,20+,22+/m0/s1. The topological polar surface area (TPSA) is 29.1 Å². The van der Waals surface area contributed by atoms with Crippen LogP contribution in [-0.2, 0) is 4.79 Å². The van der Waals surface area contributed by atoms with Crippen LogP contribution in [0, 0.1) is 11.3 Å². The van der Waals surface area contributed by atoms with Crippen molar-refractivity contribution in [1.29, 1.82) is 0 Å². The highest BCUT2D eigenvalue weighted by Crippen LogP contribution is 2.56. The van der Waals surface area contributed by atoms with E-state index in [1.165, 1.54) is 0 Å². The first-order chi connectivity index (χ1) is 12.8. The number of amides is 1. The van der Waals surface area contributed by atoms with E-state index in [-0.39, 0.29) is 23.7 Å². The van der Waals surface area contributed by atoms with Gasteiger partial charge in [-0.15, -0.1) is 0 Å². The number of carbonyl (C=O) groups is 1. The number of allylic oxidation sites excluding steroid dienone is 1. The number of halogens is 3. The Bertz CT molecular complexity index is 937. The van der Waals surface area contributed by atoms with E-state index in [1.54, 1.807) is 6.07 Å². The monoisotopic (exact) mass is 419 g/mol. The van der Waals surface area contributed by atoms with Crippen molar-refractivity contribution >= 4 is 40.7 Å². The first kappa shape index (κ1) is 18.9. The largest absolute Gasteiger partial charge is 0.355 e. The third-order valence-electron chi connectivity index (χ3n) is 6.11. The second-order valence-electron chi connectivity index (χ2n) is 7.71. The highest BCUT2D eigenvalue weighted by Gasteiger charge is 2.54. The van der Waals surface area contributed by atoms with Gasteiger partial charge in [0.25, 0.3) is 0 Å². The highest BCUT2D eigenvalue weighted by molar-refractivity contribution is 6.35. The molecule has 140 valence electrons. The maximum atomic E-state index is 12.6. The van der Waals surface area contributed by atoms with Crippen molar-refractivity contribution in [2.24, 2.45) is 11.3 Å². The lowest BCUT2D eigenvalue weighted by atomic mass is 9.58. The van der Waals surface area contributed by atoms with Gasteiger partial charge in [0.15, 0.2) is 0 Å². The summed E-state index contributed by atoms with van der Waals surface area (Å²) in [5.74, 6) is 0.398. The summed E-state index contributed by atoms with van der Waals surface area (Å²) < 4.78 is 0. The normalized spacial score (nSPS) is 29.9. The van der Waals surface area contributed by atoms with Crippen LogP contribution < -0.4 is 5.32 Å². The fourth-order valence-corrected chi connectivity index (χ4v) is 5.48. The van der Waals surface area contributed by atoms with Crippen molar-refractivity contribution in [3.63, 3.8) is 0 Å². The summed E-state index contributed by atoms with van der Waals surface area (Å²) in [7, 11) is 0. The van der Waals surface area contributed by atoms with Crippen LogP contribution in [-0.4, -0.2) is 12.5 Å². The van der Waals surface area contributed by atoms with Gasteiger partial charge < -0.3 is 5.32 Å². The van der Waals surface area contributed by atoms with Gasteiger partial charge in [-0.25, -0.2) is 0 Å². The molecule has 0 unspecified atom stereocenters. The summed E-state index contributed by atoms with van der Waals surface area (Å²) in [5, 5.41) is 5.04. The number of fused-ring (bicyclic) bond motifs is 1. The zero-order valence-electron chi connectivity index (χ0n) is 15.1. The Morgan fingerprint density at radius 2 is 1.70 bits per heavy atom. The zero-order chi connectivity index (χ0) is 19.3. The summed E-state index contributed by atoms with van der Waals surface area (Å²) in [6.07, 6.45) is 2.13. The molecule has 2 nitrogen and oxygen atoms in total. The molecule has 1 aliphatic heterocycles. The van der Waals surface area contributed by atoms with Crippen LogP contribution >= 0.6 is 34.8 Å². The molecule has 4 rings (SSSR count). The van der Waals surface area contributed by atoms with E-state index in [1.807, 2.05) is 31.2 Å². The van der Waals surface area contributed by atoms with Crippen molar-refractivity contribution in [1.82, 2.24) is 5.32 Å². The number of benzene rings is 2. The Balaban J connectivity index is 1.92. The molecular weight excluding hydrogens is 401 g/mol. The second kappa shape index (κ2) is 6.84. The number of carbonyl (C=O) groups excluding carboxylic acids is 1. The van der Waals surface area contributed by atoms with E-state index in [0.717, 1.165) is 16.7 Å². The summed E-state index contributed by atoms with van der Waals surface area (Å²) in [5.41, 5.74) is 2.82. The molecule has 0 spiro atoms. The Labute approximate surface area is 174 Å². The van der Waals surface area contributed by atoms with E-state index in [4.69, 9.17) is 34.8 Å². The van der Waals surface area contributed by atoms with Crippen LogP contribution in [0.2, 0.25) is 15.1 Å². The first-order valence-corrected chi connectivity index (χ1v) is 10.1. The number of nitrogens with one attached hydrogen (secondary N) is 1. The third kappa shape index (κ3) is 3.08. The molecule has 0 radical (unpaired) electrons. The molecule has 0 bridgehead atoms. The number of rotatable bonds is 2. The Morgan fingerprint density at radius 3 is 2.37 bits per heavy atom. The van der Waals surface area contributed by atoms with Gasteiger partial charge in [0.05, 0.1) is 5.41 Å². The third-order valence-corrected chi connectivity index (χ3v) is 6.92. The molecule has 1 saturated heterocycles. The van der Waals surface area contributed by atoms with E-state index in [9.17, 15) is 4.79 Å². The molecule has 1 amide bonds. The van der Waals surface area contributed by atoms with Crippen molar-refractivity contribution in [3.05, 3.63) is 80.3 Å². The van der Waals surface area contributed by atoms with Gasteiger partial charge in [-0.3, -0.25) is 4.79 Å². The average molecular weight is 421 g/mol. The maximum absolute atomic E-state index is 12.6. The average Bonchev–Trinajstić information content (AvgIpc) is 2.90. The van der Waals surface area contributed by atoms with Gasteiger partial charge in [0.2, 0.25) is 5.91 Å². The van der Waals surface area contributed by atoms with Crippen LogP contribution in [0.5, 0.6) is 0 Å². The molecule has 5 heteroatoms. The van der Waals surface area contributed by atoms with Gasteiger partial charge in [0.1, 0.15) is 0 Å². The van der Waals surface area contributed by atoms with E-state index >= 15 is 0 Å². The summed E-state index contributed by atoms with van der Waals surface area (Å²) in [6.45, 7) is 4.77. The quantitative estimate of drug-likeness (QED) is 0.574. The number of hydrogen-bond acceptors (Lipinski definition) is 1. The van der Waals surface area contributed by atoms with Gasteiger partial charge >= 0.3 is 0 Å². The van der Waals surface area contributed by atoms with Crippen LogP contribution in [0.1, 0.15) is 36.8 Å². The van der Waals surface area contributed by atoms with Crippen LogP contribution in [0.3, 0.4) is 0 Å². The lowest BCUT2D eigenvalue weighted by molar-refractivity contribution is -0.126. The smallest absolute Gasteiger partial charge is 0.230 e. The molecule has 2 aromatic carbocycles. The fraction of sp³-hybridized carbons (Fsp3) is 0.318. The summed E-state index contributed by atoms with van der Waals surface area (Å²) in [4.78, 5) is 12.6. The Kier molecular flexibility index (Phi) is 4.78. The van der Waals surface area contributed by atoms with E-state index in [0.29, 0.717) is 21.6 Å². The minimum absolute atomic E-state index is 0.0710. The molecule has 2 aromatic rings. The first-order valence-electron chi connectivity index (χ1n) is 8.99. The van der Waals surface area contributed by atoms with Gasteiger partial charge in [0, 0.05) is 39.4 Å². The van der Waals surface area contributed by atoms with Crippen molar-refractivity contribution in [3.8, 4) is 0 Å². The summed E-state index contributed by atoms with van der Waals surface area (Å²) in [6, 6.07) is 13.6. The minimum atomic E-state index is -0.524. The van der Waals surface area contributed by atoms with E-state index < -0.39 is 5.41 Å². The molecule has 1 aliphatic carbocycles. The van der Waals surface area contributed by atoms with Crippen molar-refractivity contribution in [2.75, 3.05) is 6.54 Å². The summed E-state index contributed by atoms with van der Waals surface area (Å²) >= 11 is 18.8. The SMILES string of the molecule is CC1=C[C@@]2(C)C(=O)NC[C@H]2[C@@H](c2ccc(Cl)cc2)[C@@H]1c1ccc(Cl)cc1Cl. The predicted molar refractivity (Wildman–Crippen MR) is 112 cm³/mol. The molecule has 1 heterocycles. The van der Waals surface area contributed by atoms with Crippen molar-refractivity contribution < 1.29 is 4.79 Å². The number of hydrogen-bond donors (Lipinski definition) is 1. The lowest BCUT2D eigenvalue weighted by Crippen LogP contribution is -2.39. The molecule has 0 saturated carbocycles.